The highest BCUT2D eigenvalue weighted by Gasteiger charge is 2.32. The van der Waals surface area contributed by atoms with E-state index < -0.39 is 35.1 Å². The van der Waals surface area contributed by atoms with Crippen LogP contribution in [0.15, 0.2) is 38.5 Å². The molecular weight excluding hydrogens is 500 g/mol. The van der Waals surface area contributed by atoms with Crippen LogP contribution in [0.5, 0.6) is 5.75 Å². The number of rotatable bonds is 5. The molecule has 4 aromatic rings. The van der Waals surface area contributed by atoms with Crippen LogP contribution < -0.4 is 21.3 Å². The first-order valence-electron chi connectivity index (χ1n) is 9.41. The number of amides is 1. The molecular formula is C20H14F4N4O4S2. The largest absolute Gasteiger partial charge is 0.573 e. The molecule has 0 fully saturated rings. The molecule has 1 aromatic carbocycles. The number of nitrogens with one attached hydrogen (secondary N) is 1. The summed E-state index contributed by atoms with van der Waals surface area (Å²) in [5.74, 6) is -2.67. The summed E-state index contributed by atoms with van der Waals surface area (Å²) in [6.45, 7) is 0. The second-order valence-electron chi connectivity index (χ2n) is 7.08. The fourth-order valence-electron chi connectivity index (χ4n) is 3.21. The molecule has 34 heavy (non-hydrogen) atoms. The van der Waals surface area contributed by atoms with Gasteiger partial charge in [-0.1, -0.05) is 0 Å². The SMILES string of the molecule is Cn1c(=O)c2c(CC(=O)Nc3nc(-c4ccc(F)c(OC(F)(F)F)c4)cs3)scc2n(C)c1=O. The Kier molecular flexibility index (Phi) is 6.03. The first kappa shape index (κ1) is 23.6. The van der Waals surface area contributed by atoms with Crippen molar-refractivity contribution >= 4 is 44.6 Å². The van der Waals surface area contributed by atoms with E-state index in [-0.39, 0.29) is 28.2 Å². The number of thiophene rings is 1. The number of nitrogens with zero attached hydrogens (tertiary/aromatic N) is 3. The van der Waals surface area contributed by atoms with Crippen LogP contribution in [0.1, 0.15) is 4.88 Å². The summed E-state index contributed by atoms with van der Waals surface area (Å²) in [4.78, 5) is 41.8. The van der Waals surface area contributed by atoms with Crippen molar-refractivity contribution in [3.8, 4) is 17.0 Å². The molecule has 0 aliphatic rings. The minimum absolute atomic E-state index is 0.156. The van der Waals surface area contributed by atoms with E-state index in [1.165, 1.54) is 30.1 Å². The normalized spacial score (nSPS) is 11.7. The van der Waals surface area contributed by atoms with Crippen LogP contribution >= 0.6 is 22.7 Å². The summed E-state index contributed by atoms with van der Waals surface area (Å²) in [7, 11) is 2.88. The maximum atomic E-state index is 13.6. The number of hydrogen-bond donors (Lipinski definition) is 1. The lowest BCUT2D eigenvalue weighted by Crippen LogP contribution is -2.36. The molecule has 178 valence electrons. The standard InChI is InChI=1S/C20H14F4N4O4S2/c1-27-12-8-33-14(16(12)17(30)28(2)19(27)31)6-15(29)26-18-25-11(7-34-18)9-3-4-10(21)13(5-9)32-20(22,23)24/h3-5,7-8H,6H2,1-2H3,(H,25,26,29). The van der Waals surface area contributed by atoms with Gasteiger partial charge in [0.25, 0.3) is 5.56 Å². The number of halogens is 4. The van der Waals surface area contributed by atoms with Gasteiger partial charge >= 0.3 is 12.1 Å². The smallest absolute Gasteiger partial charge is 0.403 e. The van der Waals surface area contributed by atoms with Crippen molar-refractivity contribution in [1.29, 1.82) is 0 Å². The molecule has 0 spiro atoms. The van der Waals surface area contributed by atoms with Gasteiger partial charge in [-0.15, -0.1) is 35.8 Å². The molecule has 3 heterocycles. The molecule has 0 radical (unpaired) electrons. The van der Waals surface area contributed by atoms with Gasteiger partial charge in [0.15, 0.2) is 16.7 Å². The fourth-order valence-corrected chi connectivity index (χ4v) is 5.00. The van der Waals surface area contributed by atoms with Gasteiger partial charge in [-0.05, 0) is 18.2 Å². The third kappa shape index (κ3) is 4.59. The Bertz CT molecular complexity index is 1530. The second kappa shape index (κ2) is 8.68. The topological polar surface area (TPSA) is 95.2 Å². The summed E-state index contributed by atoms with van der Waals surface area (Å²) < 4.78 is 57.0. The number of carbonyl (C=O) groups is 1. The average molecular weight is 514 g/mol. The first-order chi connectivity index (χ1) is 15.9. The maximum Gasteiger partial charge on any atom is 0.573 e. The molecule has 1 amide bonds. The van der Waals surface area contributed by atoms with Gasteiger partial charge in [0.05, 0.1) is 23.0 Å². The van der Waals surface area contributed by atoms with E-state index in [1.807, 2.05) is 0 Å². The third-order valence-corrected chi connectivity index (χ3v) is 6.56. The van der Waals surface area contributed by atoms with Gasteiger partial charge in [0, 0.05) is 35.3 Å². The molecule has 0 aliphatic carbocycles. The molecule has 0 bridgehead atoms. The Morgan fingerprint density at radius 3 is 2.59 bits per heavy atom. The lowest BCUT2D eigenvalue weighted by molar-refractivity contribution is -0.275. The monoisotopic (exact) mass is 514 g/mol. The fraction of sp³-hybridized carbons (Fsp3) is 0.200. The summed E-state index contributed by atoms with van der Waals surface area (Å²) in [5.41, 5.74) is -0.201. The molecule has 14 heteroatoms. The van der Waals surface area contributed by atoms with E-state index >= 15 is 0 Å². The first-order valence-corrected chi connectivity index (χ1v) is 11.2. The highest BCUT2D eigenvalue weighted by atomic mass is 32.1. The van der Waals surface area contributed by atoms with Crippen molar-refractivity contribution in [2.75, 3.05) is 5.32 Å². The van der Waals surface area contributed by atoms with Gasteiger partial charge in [0.2, 0.25) is 5.91 Å². The van der Waals surface area contributed by atoms with Gasteiger partial charge in [-0.25, -0.2) is 14.2 Å². The zero-order valence-electron chi connectivity index (χ0n) is 17.4. The highest BCUT2D eigenvalue weighted by molar-refractivity contribution is 7.14. The minimum Gasteiger partial charge on any atom is -0.403 e. The van der Waals surface area contributed by atoms with Crippen molar-refractivity contribution in [2.45, 2.75) is 12.8 Å². The lowest BCUT2D eigenvalue weighted by atomic mass is 10.1. The third-order valence-electron chi connectivity index (χ3n) is 4.83. The van der Waals surface area contributed by atoms with Crippen LogP contribution in [0, 0.1) is 5.82 Å². The number of ether oxygens (including phenoxy) is 1. The molecule has 8 nitrogen and oxygen atoms in total. The maximum absolute atomic E-state index is 13.6. The van der Waals surface area contributed by atoms with Crippen molar-refractivity contribution in [2.24, 2.45) is 14.1 Å². The number of hydrogen-bond acceptors (Lipinski definition) is 7. The van der Waals surface area contributed by atoms with Crippen LogP contribution in [0.2, 0.25) is 0 Å². The summed E-state index contributed by atoms with van der Waals surface area (Å²) in [5, 5.41) is 6.10. The number of alkyl halides is 3. The Labute approximate surface area is 195 Å². The van der Waals surface area contributed by atoms with Crippen LogP contribution in [0.25, 0.3) is 22.2 Å². The number of thiazole rings is 1. The lowest BCUT2D eigenvalue weighted by Gasteiger charge is -2.10. The van der Waals surface area contributed by atoms with Crippen molar-refractivity contribution in [3.05, 3.63) is 60.5 Å². The number of carbonyl (C=O) groups excluding carboxylic acids is 1. The molecule has 0 aliphatic heterocycles. The quantitative estimate of drug-likeness (QED) is 0.411. The Balaban J connectivity index is 1.54. The number of aromatic nitrogens is 3. The van der Waals surface area contributed by atoms with Crippen molar-refractivity contribution < 1.29 is 27.1 Å². The van der Waals surface area contributed by atoms with Gasteiger partial charge in [-0.3, -0.25) is 18.7 Å². The Morgan fingerprint density at radius 1 is 1.15 bits per heavy atom. The van der Waals surface area contributed by atoms with Gasteiger partial charge in [-0.2, -0.15) is 0 Å². The predicted molar refractivity (Wildman–Crippen MR) is 119 cm³/mol. The van der Waals surface area contributed by atoms with E-state index in [9.17, 15) is 31.9 Å². The van der Waals surface area contributed by atoms with E-state index in [1.54, 1.807) is 5.38 Å². The van der Waals surface area contributed by atoms with Crippen LogP contribution in [-0.2, 0) is 25.3 Å². The zero-order chi connectivity index (χ0) is 24.8. The number of anilines is 1. The predicted octanol–water partition coefficient (Wildman–Crippen LogP) is 3.64. The molecule has 0 saturated carbocycles. The van der Waals surface area contributed by atoms with Crippen LogP contribution in [0.3, 0.4) is 0 Å². The van der Waals surface area contributed by atoms with E-state index in [4.69, 9.17) is 0 Å². The van der Waals surface area contributed by atoms with Crippen molar-refractivity contribution in [3.63, 3.8) is 0 Å². The van der Waals surface area contributed by atoms with Crippen LogP contribution in [-0.4, -0.2) is 26.4 Å². The molecule has 3 aromatic heterocycles. The molecule has 1 N–H and O–H groups in total. The summed E-state index contributed by atoms with van der Waals surface area (Å²) in [6.07, 6.45) is -5.21. The van der Waals surface area contributed by atoms with Gasteiger partial charge < -0.3 is 10.1 Å². The van der Waals surface area contributed by atoms with Crippen LogP contribution in [0.4, 0.5) is 22.7 Å². The minimum atomic E-state index is -5.06. The summed E-state index contributed by atoms with van der Waals surface area (Å²) in [6, 6.07) is 2.92. The number of benzene rings is 1. The molecule has 0 unspecified atom stereocenters. The van der Waals surface area contributed by atoms with Crippen molar-refractivity contribution in [1.82, 2.24) is 14.1 Å². The van der Waals surface area contributed by atoms with E-state index in [0.717, 1.165) is 39.4 Å². The Hall–Kier alpha value is -3.52. The van der Waals surface area contributed by atoms with E-state index in [2.05, 4.69) is 15.0 Å². The van der Waals surface area contributed by atoms with Gasteiger partial charge in [0.1, 0.15) is 0 Å². The second-order valence-corrected chi connectivity index (χ2v) is 8.90. The highest BCUT2D eigenvalue weighted by Crippen LogP contribution is 2.32. The molecule has 4 rings (SSSR count). The molecule has 0 saturated heterocycles. The molecule has 0 atom stereocenters. The zero-order valence-corrected chi connectivity index (χ0v) is 19.0. The summed E-state index contributed by atoms with van der Waals surface area (Å²) >= 11 is 2.18. The number of fused-ring (bicyclic) bond motifs is 1. The number of aryl methyl sites for hydroxylation is 1. The Morgan fingerprint density at radius 2 is 1.88 bits per heavy atom. The average Bonchev–Trinajstić information content (AvgIpc) is 3.38. The van der Waals surface area contributed by atoms with E-state index in [0.29, 0.717) is 10.4 Å².